The Labute approximate surface area is 258 Å². The number of benzene rings is 3. The van der Waals surface area contributed by atoms with Gasteiger partial charge in [-0.2, -0.15) is 0 Å². The molecule has 4 aromatic rings. The lowest BCUT2D eigenvalue weighted by atomic mass is 9.53. The number of primary amides is 1. The van der Waals surface area contributed by atoms with Crippen molar-refractivity contribution in [1.82, 2.24) is 9.97 Å². The zero-order chi connectivity index (χ0) is 30.8. The Morgan fingerprint density at radius 3 is 2.05 bits per heavy atom. The minimum atomic E-state index is -1.02. The summed E-state index contributed by atoms with van der Waals surface area (Å²) in [4.78, 5) is 23.1. The van der Waals surface area contributed by atoms with Crippen molar-refractivity contribution in [1.29, 1.82) is 0 Å². The first-order valence-electron chi connectivity index (χ1n) is 15.0. The van der Waals surface area contributed by atoms with Crippen LogP contribution in [0, 0.1) is 11.8 Å². The Balaban J connectivity index is 1.56. The van der Waals surface area contributed by atoms with Gasteiger partial charge in [-0.3, -0.25) is 4.79 Å². The van der Waals surface area contributed by atoms with E-state index in [1.165, 1.54) is 23.0 Å². The van der Waals surface area contributed by atoms with Crippen molar-refractivity contribution in [3.8, 4) is 23.0 Å². The van der Waals surface area contributed by atoms with Crippen molar-refractivity contribution >= 4 is 5.91 Å². The van der Waals surface area contributed by atoms with E-state index < -0.39 is 5.41 Å². The fourth-order valence-corrected chi connectivity index (χ4v) is 7.96. The second kappa shape index (κ2) is 12.2. The second-order valence-electron chi connectivity index (χ2n) is 11.8. The number of aryl methyl sites for hydroxylation is 1. The predicted molar refractivity (Wildman–Crippen MR) is 168 cm³/mol. The zero-order valence-corrected chi connectivity index (χ0v) is 25.7. The molecular formula is C36H39N3O5. The standard InChI is InChI=1S/C36H39N3O5/c1-41-31-12-9-22(14-32(31)42-2)13-29-28-18-34(44-4)33(43-3)17-25(28)10-11-30(29)36(35(37)40,27-19-38-21-39-20-27)26-15-23-7-5-6-8-24(23)16-26/h5-9,12,14,17-21,26,29-30H,10-11,13,15-16H2,1-4H3,(H2,37,40). The van der Waals surface area contributed by atoms with Crippen molar-refractivity contribution in [3.63, 3.8) is 0 Å². The highest BCUT2D eigenvalue weighted by molar-refractivity contribution is 5.88. The monoisotopic (exact) mass is 593 g/mol. The number of methoxy groups -OCH3 is 4. The number of nitrogens with zero attached hydrogens (tertiary/aromatic N) is 2. The smallest absolute Gasteiger partial charge is 0.228 e. The fraction of sp³-hybridized carbons (Fsp3) is 0.361. The van der Waals surface area contributed by atoms with E-state index in [9.17, 15) is 4.79 Å². The van der Waals surface area contributed by atoms with E-state index in [1.54, 1.807) is 40.8 Å². The molecule has 1 heterocycles. The molecule has 6 rings (SSSR count). The summed E-state index contributed by atoms with van der Waals surface area (Å²) >= 11 is 0. The number of carbonyl (C=O) groups is 1. The van der Waals surface area contributed by atoms with E-state index >= 15 is 0 Å². The summed E-state index contributed by atoms with van der Waals surface area (Å²) in [7, 11) is 6.58. The van der Waals surface area contributed by atoms with Crippen LogP contribution in [0.1, 0.15) is 45.7 Å². The van der Waals surface area contributed by atoms with Crippen LogP contribution in [0.15, 0.2) is 73.3 Å². The van der Waals surface area contributed by atoms with Gasteiger partial charge in [0, 0.05) is 18.0 Å². The minimum absolute atomic E-state index is 0.0528. The summed E-state index contributed by atoms with van der Waals surface area (Å²) < 4.78 is 22.7. The number of rotatable bonds is 10. The summed E-state index contributed by atoms with van der Waals surface area (Å²) in [6, 6.07) is 18.6. The third kappa shape index (κ3) is 4.92. The number of carbonyl (C=O) groups excluding carboxylic acids is 1. The van der Waals surface area contributed by atoms with Gasteiger partial charge in [0.25, 0.3) is 0 Å². The van der Waals surface area contributed by atoms with Crippen LogP contribution in [0.2, 0.25) is 0 Å². The third-order valence-corrected chi connectivity index (χ3v) is 9.88. The topological polar surface area (TPSA) is 106 Å². The molecule has 3 atom stereocenters. The molecule has 3 aromatic carbocycles. The van der Waals surface area contributed by atoms with Crippen molar-refractivity contribution in [3.05, 3.63) is 107 Å². The van der Waals surface area contributed by atoms with Crippen LogP contribution in [0.5, 0.6) is 23.0 Å². The molecule has 2 aliphatic rings. The van der Waals surface area contributed by atoms with Crippen molar-refractivity contribution in [2.45, 2.75) is 43.4 Å². The molecular weight excluding hydrogens is 554 g/mol. The number of hydrogen-bond donors (Lipinski definition) is 1. The molecule has 0 saturated heterocycles. The third-order valence-electron chi connectivity index (χ3n) is 9.88. The minimum Gasteiger partial charge on any atom is -0.493 e. The van der Waals surface area contributed by atoms with Crippen LogP contribution >= 0.6 is 0 Å². The zero-order valence-electron chi connectivity index (χ0n) is 25.7. The van der Waals surface area contributed by atoms with Crippen LogP contribution in [-0.2, 0) is 35.9 Å². The van der Waals surface area contributed by atoms with Crippen LogP contribution in [0.4, 0.5) is 0 Å². The van der Waals surface area contributed by atoms with Gasteiger partial charge in [0.1, 0.15) is 6.33 Å². The van der Waals surface area contributed by atoms with Crippen molar-refractivity contribution in [2.75, 3.05) is 28.4 Å². The van der Waals surface area contributed by atoms with Crippen molar-refractivity contribution in [2.24, 2.45) is 17.6 Å². The van der Waals surface area contributed by atoms with Gasteiger partial charge in [0.05, 0.1) is 33.9 Å². The Kier molecular flexibility index (Phi) is 8.17. The van der Waals surface area contributed by atoms with Crippen LogP contribution in [-0.4, -0.2) is 44.3 Å². The van der Waals surface area contributed by atoms with Gasteiger partial charge < -0.3 is 24.7 Å². The number of aromatic nitrogens is 2. The van der Waals surface area contributed by atoms with Gasteiger partial charge in [-0.25, -0.2) is 9.97 Å². The summed E-state index contributed by atoms with van der Waals surface area (Å²) in [6.07, 6.45) is 8.77. The Bertz CT molecular complexity index is 1630. The first-order chi connectivity index (χ1) is 21.4. The molecule has 0 fully saturated rings. The molecule has 0 radical (unpaired) electrons. The van der Waals surface area contributed by atoms with Gasteiger partial charge in [0.2, 0.25) is 5.91 Å². The van der Waals surface area contributed by atoms with E-state index in [2.05, 4.69) is 52.4 Å². The average molecular weight is 594 g/mol. The molecule has 228 valence electrons. The lowest BCUT2D eigenvalue weighted by Gasteiger charge is -2.49. The fourth-order valence-electron chi connectivity index (χ4n) is 7.96. The maximum atomic E-state index is 14.3. The van der Waals surface area contributed by atoms with Crippen LogP contribution in [0.25, 0.3) is 0 Å². The largest absolute Gasteiger partial charge is 0.493 e. The highest BCUT2D eigenvalue weighted by atomic mass is 16.5. The Morgan fingerprint density at radius 2 is 1.43 bits per heavy atom. The predicted octanol–water partition coefficient (Wildman–Crippen LogP) is 5.24. The van der Waals surface area contributed by atoms with E-state index in [0.29, 0.717) is 29.4 Å². The lowest BCUT2D eigenvalue weighted by molar-refractivity contribution is -0.129. The summed E-state index contributed by atoms with van der Waals surface area (Å²) in [5.41, 5.74) is 12.3. The van der Waals surface area contributed by atoms with E-state index in [0.717, 1.165) is 42.4 Å². The molecule has 8 nitrogen and oxygen atoms in total. The average Bonchev–Trinajstić information content (AvgIpc) is 3.50. The Hall–Kier alpha value is -4.59. The highest BCUT2D eigenvalue weighted by Gasteiger charge is 2.56. The number of amides is 1. The van der Waals surface area contributed by atoms with E-state index in [-0.39, 0.29) is 23.7 Å². The number of fused-ring (bicyclic) bond motifs is 2. The molecule has 2 aliphatic carbocycles. The normalized spacial score (nSPS) is 18.9. The maximum Gasteiger partial charge on any atom is 0.228 e. The second-order valence-corrected chi connectivity index (χ2v) is 11.8. The van der Waals surface area contributed by atoms with Crippen LogP contribution < -0.4 is 24.7 Å². The summed E-state index contributed by atoms with van der Waals surface area (Å²) in [6.45, 7) is 0. The van der Waals surface area contributed by atoms with Crippen LogP contribution in [0.3, 0.4) is 0 Å². The first-order valence-corrected chi connectivity index (χ1v) is 15.0. The van der Waals surface area contributed by atoms with Gasteiger partial charge in [-0.1, -0.05) is 30.3 Å². The molecule has 2 N–H and O–H groups in total. The molecule has 0 bridgehead atoms. The molecule has 3 unspecified atom stereocenters. The van der Waals surface area contributed by atoms with Gasteiger partial charge >= 0.3 is 0 Å². The number of nitrogens with two attached hydrogens (primary N) is 1. The molecule has 8 heteroatoms. The molecule has 1 amide bonds. The number of hydrogen-bond acceptors (Lipinski definition) is 7. The van der Waals surface area contributed by atoms with Gasteiger partial charge in [-0.05, 0) is 102 Å². The molecule has 0 saturated carbocycles. The van der Waals surface area contributed by atoms with E-state index in [4.69, 9.17) is 24.7 Å². The molecule has 1 aromatic heterocycles. The molecule has 0 spiro atoms. The lowest BCUT2D eigenvalue weighted by Crippen LogP contribution is -2.56. The first kappa shape index (κ1) is 29.5. The quantitative estimate of drug-likeness (QED) is 0.268. The Morgan fingerprint density at radius 1 is 0.818 bits per heavy atom. The summed E-state index contributed by atoms with van der Waals surface area (Å²) in [5.74, 6) is 2.05. The summed E-state index contributed by atoms with van der Waals surface area (Å²) in [5, 5.41) is 0. The van der Waals surface area contributed by atoms with Gasteiger partial charge in [0.15, 0.2) is 23.0 Å². The van der Waals surface area contributed by atoms with Crippen molar-refractivity contribution < 1.29 is 23.7 Å². The molecule has 44 heavy (non-hydrogen) atoms. The van der Waals surface area contributed by atoms with Gasteiger partial charge in [-0.15, -0.1) is 0 Å². The number of ether oxygens (including phenoxy) is 4. The SMILES string of the molecule is COc1ccc(CC2c3cc(OC)c(OC)cc3CCC2C(C(N)=O)(c2cncnc2)C2Cc3ccccc3C2)cc1OC. The highest BCUT2D eigenvalue weighted by Crippen LogP contribution is 2.55. The molecule has 0 aliphatic heterocycles. The maximum absolute atomic E-state index is 14.3. The van der Waals surface area contributed by atoms with E-state index in [1.807, 2.05) is 12.1 Å².